The fourth-order valence-electron chi connectivity index (χ4n) is 7.80. The van der Waals surface area contributed by atoms with Crippen LogP contribution in [0, 0.1) is 0 Å². The minimum absolute atomic E-state index is 0.0230. The zero-order chi connectivity index (χ0) is 40.4. The summed E-state index contributed by atoms with van der Waals surface area (Å²) in [6, 6.07) is 27.3. The highest BCUT2D eigenvalue weighted by Crippen LogP contribution is 2.37. The van der Waals surface area contributed by atoms with Crippen LogP contribution in [0.4, 0.5) is 16.6 Å². The van der Waals surface area contributed by atoms with E-state index in [0.717, 1.165) is 36.1 Å². The van der Waals surface area contributed by atoms with Gasteiger partial charge < -0.3 is 34.4 Å². The van der Waals surface area contributed by atoms with Crippen molar-refractivity contribution in [2.45, 2.75) is 89.7 Å². The van der Waals surface area contributed by atoms with E-state index in [0.29, 0.717) is 56.2 Å². The summed E-state index contributed by atoms with van der Waals surface area (Å²) < 4.78 is 25.2. The number of carbonyl (C=O) groups excluding carboxylic acids is 1. The first kappa shape index (κ1) is 41.8. The van der Waals surface area contributed by atoms with Gasteiger partial charge in [0, 0.05) is 37.4 Å². The number of amides is 1. The van der Waals surface area contributed by atoms with Gasteiger partial charge in [0.2, 0.25) is 5.95 Å². The maximum Gasteiger partial charge on any atom is 0.413 e. The van der Waals surface area contributed by atoms with Crippen LogP contribution in [-0.2, 0) is 27.0 Å². The van der Waals surface area contributed by atoms with Crippen LogP contribution in [0.25, 0.3) is 11.0 Å². The van der Waals surface area contributed by atoms with Crippen molar-refractivity contribution in [3.63, 3.8) is 0 Å². The Morgan fingerprint density at radius 1 is 1.02 bits per heavy atom. The van der Waals surface area contributed by atoms with Crippen LogP contribution in [0.3, 0.4) is 0 Å². The Hall–Kier alpha value is -4.86. The second kappa shape index (κ2) is 19.1. The van der Waals surface area contributed by atoms with Gasteiger partial charge in [-0.05, 0) is 52.4 Å². The first-order chi connectivity index (χ1) is 27.6. The number of hydrogen-bond acceptors (Lipinski definition) is 11. The summed E-state index contributed by atoms with van der Waals surface area (Å²) in [6.07, 6.45) is 3.71. The molecule has 3 atom stereocenters. The molecule has 1 aliphatic rings. The zero-order valence-electron chi connectivity index (χ0n) is 34.0. The van der Waals surface area contributed by atoms with Gasteiger partial charge in [-0.2, -0.15) is 10.1 Å². The first-order valence-electron chi connectivity index (χ1n) is 19.8. The molecule has 1 aliphatic heterocycles. The lowest BCUT2D eigenvalue weighted by molar-refractivity contribution is -0.0280. The van der Waals surface area contributed by atoms with Gasteiger partial charge in [0.25, 0.3) is 8.32 Å². The van der Waals surface area contributed by atoms with Gasteiger partial charge in [-0.15, -0.1) is 0 Å². The summed E-state index contributed by atoms with van der Waals surface area (Å²) in [5, 5.41) is 27.3. The van der Waals surface area contributed by atoms with Gasteiger partial charge in [-0.1, -0.05) is 101 Å². The molecule has 304 valence electrons. The van der Waals surface area contributed by atoms with Gasteiger partial charge in [0.15, 0.2) is 5.82 Å². The number of anilines is 2. The molecule has 0 aliphatic carbocycles. The maximum absolute atomic E-state index is 12.3. The normalized spacial score (nSPS) is 16.6. The highest BCUT2D eigenvalue weighted by Gasteiger charge is 2.50. The van der Waals surface area contributed by atoms with E-state index in [2.05, 4.69) is 115 Å². The van der Waals surface area contributed by atoms with E-state index in [-0.39, 0.29) is 23.1 Å². The Morgan fingerprint density at radius 3 is 2.37 bits per heavy atom. The van der Waals surface area contributed by atoms with Crippen LogP contribution < -0.4 is 31.1 Å². The number of aromatic nitrogens is 4. The third kappa shape index (κ3) is 9.82. The molecule has 1 fully saturated rings. The zero-order valence-corrected chi connectivity index (χ0v) is 35.0. The van der Waals surface area contributed by atoms with Crippen molar-refractivity contribution in [3.05, 3.63) is 96.2 Å². The molecule has 1 saturated heterocycles. The molecular weight excluding hydrogens is 739 g/mol. The number of fused-ring (bicyclic) bond motifs is 1. The predicted octanol–water partition coefficient (Wildman–Crippen LogP) is 5.85. The lowest BCUT2D eigenvalue weighted by Gasteiger charge is -2.43. The highest BCUT2D eigenvalue weighted by molar-refractivity contribution is 6.99. The Kier molecular flexibility index (Phi) is 14.0. The molecule has 0 radical (unpaired) electrons. The standard InChI is InChI=1S/C43H57N7O6Si/c1-7-14-32(21-24-56-57(43(2,3)4,33-15-10-8-11-16-33)34-17-12-9-13-18-34)46-40-39-36(47-41(48-40)49-42(52)54-6)27-45-50(39)28-31-25-30(19-20-38(31)53-5)26-44-35-22-23-55-29-37(35)51/h8-13,15-20,25,27,32,35,37,44,51H,7,14,21-24,26,28-29H2,1-6H3,(H2,46,47,48,49,52)/t32-,35-,37+/m0/s1. The lowest BCUT2D eigenvalue weighted by atomic mass is 10.0. The topological polar surface area (TPSA) is 154 Å². The van der Waals surface area contributed by atoms with Crippen LogP contribution >= 0.6 is 0 Å². The molecule has 1 amide bonds. The third-order valence-electron chi connectivity index (χ3n) is 10.6. The Labute approximate surface area is 336 Å². The van der Waals surface area contributed by atoms with Gasteiger partial charge in [-0.3, -0.25) is 10.00 Å². The molecular formula is C43H57N7O6Si. The van der Waals surface area contributed by atoms with E-state index in [1.165, 1.54) is 17.5 Å². The monoisotopic (exact) mass is 795 g/mol. The predicted molar refractivity (Wildman–Crippen MR) is 226 cm³/mol. The number of aliphatic hydroxyl groups excluding tert-OH is 1. The largest absolute Gasteiger partial charge is 0.496 e. The van der Waals surface area contributed by atoms with Crippen LogP contribution in [0.1, 0.15) is 64.5 Å². The molecule has 3 heterocycles. The van der Waals surface area contributed by atoms with E-state index in [9.17, 15) is 9.90 Å². The smallest absolute Gasteiger partial charge is 0.413 e. The Bertz CT molecular complexity index is 2020. The number of aliphatic hydroxyl groups is 1. The van der Waals surface area contributed by atoms with Crippen LogP contribution in [-0.4, -0.2) is 91.5 Å². The summed E-state index contributed by atoms with van der Waals surface area (Å²) in [5.74, 6) is 1.37. The number of rotatable bonds is 17. The number of nitrogens with one attached hydrogen (secondary N) is 3. The molecule has 0 bridgehead atoms. The average molecular weight is 796 g/mol. The first-order valence-corrected chi connectivity index (χ1v) is 21.7. The van der Waals surface area contributed by atoms with E-state index in [1.54, 1.807) is 13.3 Å². The van der Waals surface area contributed by atoms with Gasteiger partial charge in [0.1, 0.15) is 16.8 Å². The number of hydrogen-bond donors (Lipinski definition) is 4. The molecule has 6 rings (SSSR count). The van der Waals surface area contributed by atoms with Crippen molar-refractivity contribution in [3.8, 4) is 5.75 Å². The van der Waals surface area contributed by atoms with Crippen molar-refractivity contribution >= 4 is 47.6 Å². The maximum atomic E-state index is 12.3. The molecule has 0 unspecified atom stereocenters. The minimum Gasteiger partial charge on any atom is -0.496 e. The molecule has 14 heteroatoms. The van der Waals surface area contributed by atoms with Gasteiger partial charge >= 0.3 is 6.09 Å². The Morgan fingerprint density at radius 2 is 1.74 bits per heavy atom. The van der Waals surface area contributed by atoms with E-state index in [4.69, 9.17) is 28.7 Å². The van der Waals surface area contributed by atoms with Crippen LogP contribution in [0.2, 0.25) is 5.04 Å². The van der Waals surface area contributed by atoms with Gasteiger partial charge in [-0.25, -0.2) is 9.78 Å². The van der Waals surface area contributed by atoms with E-state index in [1.807, 2.05) is 16.8 Å². The summed E-state index contributed by atoms with van der Waals surface area (Å²) in [5.41, 5.74) is 3.21. The van der Waals surface area contributed by atoms with Crippen molar-refractivity contribution < 1.29 is 28.5 Å². The molecule has 0 spiro atoms. The summed E-state index contributed by atoms with van der Waals surface area (Å²) >= 11 is 0. The number of ether oxygens (including phenoxy) is 3. The number of nitrogens with zero attached hydrogens (tertiary/aromatic N) is 4. The van der Waals surface area contributed by atoms with Crippen molar-refractivity contribution in [1.82, 2.24) is 25.1 Å². The fraction of sp³-hybridized carbons (Fsp3) is 0.442. The van der Waals surface area contributed by atoms with E-state index >= 15 is 0 Å². The van der Waals surface area contributed by atoms with E-state index < -0.39 is 20.5 Å². The summed E-state index contributed by atoms with van der Waals surface area (Å²) in [6.45, 7) is 11.4. The number of methoxy groups -OCH3 is 2. The molecule has 4 N–H and O–H groups in total. The summed E-state index contributed by atoms with van der Waals surface area (Å²) in [7, 11) is 0.212. The van der Waals surface area contributed by atoms with Crippen LogP contribution in [0.15, 0.2) is 85.1 Å². The Balaban J connectivity index is 1.30. The van der Waals surface area contributed by atoms with Crippen LogP contribution in [0.5, 0.6) is 5.75 Å². The lowest BCUT2D eigenvalue weighted by Crippen LogP contribution is -2.66. The number of benzene rings is 3. The molecule has 5 aromatic rings. The van der Waals surface area contributed by atoms with Crippen molar-refractivity contribution in [1.29, 1.82) is 0 Å². The summed E-state index contributed by atoms with van der Waals surface area (Å²) in [4.78, 5) is 21.8. The molecule has 2 aromatic heterocycles. The van der Waals surface area contributed by atoms with Crippen molar-refractivity contribution in [2.24, 2.45) is 0 Å². The SMILES string of the molecule is CCC[C@@H](CCO[Si](c1ccccc1)(c1ccccc1)C(C)(C)C)Nc1nc(NC(=O)OC)nc2cnn(Cc3cc(CN[C@H]4CCOC[C@H]4O)ccc3OC)c12. The minimum atomic E-state index is -2.74. The fourth-order valence-corrected chi connectivity index (χ4v) is 12.4. The third-order valence-corrected chi connectivity index (χ3v) is 15.7. The molecule has 13 nitrogen and oxygen atoms in total. The molecule has 3 aromatic carbocycles. The average Bonchev–Trinajstić information content (AvgIpc) is 3.61. The second-order valence-electron chi connectivity index (χ2n) is 15.5. The molecule has 0 saturated carbocycles. The highest BCUT2D eigenvalue weighted by atomic mass is 28.4. The second-order valence-corrected chi connectivity index (χ2v) is 19.8. The van der Waals surface area contributed by atoms with Crippen molar-refractivity contribution in [2.75, 3.05) is 44.7 Å². The quantitative estimate of drug-likeness (QED) is 0.0839. The van der Waals surface area contributed by atoms with Gasteiger partial charge in [0.05, 0.1) is 39.7 Å². The molecule has 57 heavy (non-hydrogen) atoms. The number of carbonyl (C=O) groups is 1.